The van der Waals surface area contributed by atoms with Crippen molar-refractivity contribution in [1.29, 1.82) is 0 Å². The van der Waals surface area contributed by atoms with Crippen molar-refractivity contribution in [1.82, 2.24) is 4.90 Å². The van der Waals surface area contributed by atoms with Crippen LogP contribution in [0.4, 0.5) is 10.1 Å². The van der Waals surface area contributed by atoms with Crippen molar-refractivity contribution in [3.05, 3.63) is 40.6 Å². The lowest BCUT2D eigenvalue weighted by Gasteiger charge is -2.20. The molecule has 0 saturated carbocycles. The van der Waals surface area contributed by atoms with E-state index in [0.29, 0.717) is 11.4 Å². The third-order valence-electron chi connectivity index (χ3n) is 2.38. The molecule has 2 rings (SSSR count). The zero-order chi connectivity index (χ0) is 13.8. The summed E-state index contributed by atoms with van der Waals surface area (Å²) in [6.45, 7) is -0.0785. The monoisotopic (exact) mass is 300 g/mol. The molecule has 1 N–H and O–H groups in total. The Labute approximate surface area is 118 Å². The van der Waals surface area contributed by atoms with Gasteiger partial charge in [0.05, 0.1) is 10.8 Å². The highest BCUT2D eigenvalue weighted by Crippen LogP contribution is 2.19. The first-order valence-corrected chi connectivity index (χ1v) is 6.81. The van der Waals surface area contributed by atoms with Crippen molar-refractivity contribution < 1.29 is 14.0 Å². The topological polar surface area (TPSA) is 49.4 Å². The van der Waals surface area contributed by atoms with E-state index in [9.17, 15) is 14.0 Å². The van der Waals surface area contributed by atoms with Crippen LogP contribution in [0.2, 0.25) is 5.02 Å². The van der Waals surface area contributed by atoms with E-state index in [1.807, 2.05) is 0 Å². The van der Waals surface area contributed by atoms with Crippen LogP contribution >= 0.6 is 23.4 Å². The summed E-state index contributed by atoms with van der Waals surface area (Å²) in [4.78, 5) is 24.6. The number of amides is 2. The molecular formula is C12H10ClFN2O2S. The van der Waals surface area contributed by atoms with Gasteiger partial charge in [-0.25, -0.2) is 4.39 Å². The summed E-state index contributed by atoms with van der Waals surface area (Å²) in [5, 5.41) is 4.24. The van der Waals surface area contributed by atoms with Crippen LogP contribution in [0.25, 0.3) is 0 Å². The first-order valence-electron chi connectivity index (χ1n) is 5.39. The Morgan fingerprint density at radius 3 is 3.00 bits per heavy atom. The highest BCUT2D eigenvalue weighted by molar-refractivity contribution is 8.02. The van der Waals surface area contributed by atoms with Gasteiger partial charge in [-0.3, -0.25) is 9.59 Å². The number of anilines is 1. The van der Waals surface area contributed by atoms with E-state index in [2.05, 4.69) is 5.32 Å². The number of thioether (sulfide) groups is 1. The van der Waals surface area contributed by atoms with Gasteiger partial charge in [-0.15, -0.1) is 11.8 Å². The molecule has 1 aliphatic heterocycles. The first-order chi connectivity index (χ1) is 9.06. The average molecular weight is 301 g/mol. The quantitative estimate of drug-likeness (QED) is 0.933. The molecule has 0 bridgehead atoms. The van der Waals surface area contributed by atoms with Gasteiger partial charge in [0.15, 0.2) is 0 Å². The molecule has 0 radical (unpaired) electrons. The summed E-state index contributed by atoms with van der Waals surface area (Å²) >= 11 is 6.99. The summed E-state index contributed by atoms with van der Waals surface area (Å²) in [7, 11) is 0. The normalized spacial score (nSPS) is 14.6. The second-order valence-corrected chi connectivity index (χ2v) is 5.10. The van der Waals surface area contributed by atoms with Crippen LogP contribution in [-0.2, 0) is 9.59 Å². The van der Waals surface area contributed by atoms with Gasteiger partial charge in [0.25, 0.3) is 0 Å². The van der Waals surface area contributed by atoms with Gasteiger partial charge in [0.1, 0.15) is 12.4 Å². The molecule has 0 saturated heterocycles. The second kappa shape index (κ2) is 6.08. The Balaban J connectivity index is 1.97. The first kappa shape index (κ1) is 13.9. The Bertz CT molecular complexity index is 551. The molecule has 7 heteroatoms. The van der Waals surface area contributed by atoms with E-state index >= 15 is 0 Å². The van der Waals surface area contributed by atoms with Crippen molar-refractivity contribution in [2.45, 2.75) is 0 Å². The summed E-state index contributed by atoms with van der Waals surface area (Å²) in [6, 6.07) is 3.89. The zero-order valence-electron chi connectivity index (χ0n) is 9.73. The average Bonchev–Trinajstić information content (AvgIpc) is 2.37. The van der Waals surface area contributed by atoms with Gasteiger partial charge in [-0.05, 0) is 23.6 Å². The van der Waals surface area contributed by atoms with Crippen LogP contribution in [0.15, 0.2) is 29.8 Å². The van der Waals surface area contributed by atoms with Crippen molar-refractivity contribution in [2.75, 3.05) is 17.6 Å². The van der Waals surface area contributed by atoms with Crippen LogP contribution < -0.4 is 5.32 Å². The number of nitrogens with one attached hydrogen (secondary N) is 1. The molecule has 1 aromatic carbocycles. The zero-order valence-corrected chi connectivity index (χ0v) is 11.3. The van der Waals surface area contributed by atoms with Crippen molar-refractivity contribution >= 4 is 40.9 Å². The fourth-order valence-corrected chi connectivity index (χ4v) is 2.29. The number of hydrogen-bond donors (Lipinski definition) is 1. The molecule has 19 heavy (non-hydrogen) atoms. The van der Waals surface area contributed by atoms with Gasteiger partial charge in [-0.2, -0.15) is 0 Å². The molecule has 4 nitrogen and oxygen atoms in total. The molecule has 0 spiro atoms. The summed E-state index contributed by atoms with van der Waals surface area (Å²) in [6.07, 6.45) is 1.56. The number of hydrogen-bond acceptors (Lipinski definition) is 3. The van der Waals surface area contributed by atoms with Gasteiger partial charge in [0.2, 0.25) is 11.8 Å². The SMILES string of the molecule is O=C(CN1C=CSCC1=O)Nc1ccc(F)c(Cl)c1. The standard InChI is InChI=1S/C12H10ClFN2O2S/c13-9-5-8(1-2-10(9)14)15-11(17)6-16-3-4-19-7-12(16)18/h1-5H,6-7H2,(H,15,17). The minimum Gasteiger partial charge on any atom is -0.324 e. The lowest BCUT2D eigenvalue weighted by Crippen LogP contribution is -2.36. The molecule has 1 aliphatic rings. The lowest BCUT2D eigenvalue weighted by molar-refractivity contribution is -0.129. The number of benzene rings is 1. The summed E-state index contributed by atoms with van der Waals surface area (Å²) in [5.74, 6) is -0.718. The highest BCUT2D eigenvalue weighted by Gasteiger charge is 2.17. The molecule has 1 heterocycles. The van der Waals surface area contributed by atoms with Gasteiger partial charge in [0, 0.05) is 11.9 Å². The molecule has 2 amide bonds. The molecule has 0 fully saturated rings. The van der Waals surface area contributed by atoms with Gasteiger partial charge < -0.3 is 10.2 Å². The molecule has 1 aromatic rings. The van der Waals surface area contributed by atoms with Crippen LogP contribution in [-0.4, -0.2) is 29.0 Å². The second-order valence-electron chi connectivity index (χ2n) is 3.79. The highest BCUT2D eigenvalue weighted by atomic mass is 35.5. The number of carbonyl (C=O) groups is 2. The summed E-state index contributed by atoms with van der Waals surface area (Å²) in [5.41, 5.74) is 0.388. The number of rotatable bonds is 3. The molecule has 0 atom stereocenters. The third-order valence-corrected chi connectivity index (χ3v) is 3.40. The number of carbonyl (C=O) groups excluding carboxylic acids is 2. The van der Waals surface area contributed by atoms with Gasteiger partial charge >= 0.3 is 0 Å². The Kier molecular flexibility index (Phi) is 4.44. The molecule has 0 aliphatic carbocycles. The van der Waals surface area contributed by atoms with Crippen LogP contribution in [0.3, 0.4) is 0 Å². The number of nitrogens with zero attached hydrogens (tertiary/aromatic N) is 1. The lowest BCUT2D eigenvalue weighted by atomic mass is 10.3. The maximum absolute atomic E-state index is 13.0. The summed E-state index contributed by atoms with van der Waals surface area (Å²) < 4.78 is 13.0. The van der Waals surface area contributed by atoms with E-state index < -0.39 is 5.82 Å². The van der Waals surface area contributed by atoms with E-state index in [1.165, 1.54) is 34.9 Å². The smallest absolute Gasteiger partial charge is 0.244 e. The van der Waals surface area contributed by atoms with Gasteiger partial charge in [-0.1, -0.05) is 11.6 Å². The maximum atomic E-state index is 13.0. The van der Waals surface area contributed by atoms with Crippen molar-refractivity contribution in [3.63, 3.8) is 0 Å². The molecule has 0 unspecified atom stereocenters. The van der Waals surface area contributed by atoms with Crippen LogP contribution in [0, 0.1) is 5.82 Å². The minimum absolute atomic E-state index is 0.0665. The Morgan fingerprint density at radius 2 is 2.32 bits per heavy atom. The predicted molar refractivity (Wildman–Crippen MR) is 73.4 cm³/mol. The van der Waals surface area contributed by atoms with Crippen molar-refractivity contribution in [3.8, 4) is 0 Å². The fourth-order valence-electron chi connectivity index (χ4n) is 1.47. The predicted octanol–water partition coefficient (Wildman–Crippen LogP) is 2.46. The Morgan fingerprint density at radius 1 is 1.53 bits per heavy atom. The minimum atomic E-state index is -0.550. The third kappa shape index (κ3) is 3.71. The van der Waals surface area contributed by atoms with E-state index in [1.54, 1.807) is 11.6 Å². The molecular weight excluding hydrogens is 291 g/mol. The van der Waals surface area contributed by atoms with E-state index in [4.69, 9.17) is 11.6 Å². The Hall–Kier alpha value is -1.53. The van der Waals surface area contributed by atoms with Crippen LogP contribution in [0.1, 0.15) is 0 Å². The maximum Gasteiger partial charge on any atom is 0.244 e. The molecule has 100 valence electrons. The van der Waals surface area contributed by atoms with E-state index in [0.717, 1.165) is 0 Å². The molecule has 0 aromatic heterocycles. The fraction of sp³-hybridized carbons (Fsp3) is 0.167. The number of halogens is 2. The van der Waals surface area contributed by atoms with E-state index in [-0.39, 0.29) is 23.4 Å². The largest absolute Gasteiger partial charge is 0.324 e. The van der Waals surface area contributed by atoms with Crippen LogP contribution in [0.5, 0.6) is 0 Å². The van der Waals surface area contributed by atoms with Crippen molar-refractivity contribution in [2.24, 2.45) is 0 Å².